The van der Waals surface area contributed by atoms with Gasteiger partial charge < -0.3 is 0 Å². The second kappa shape index (κ2) is 2.07. The maximum absolute atomic E-state index is 5.14. The molecule has 34 valence electrons. The van der Waals surface area contributed by atoms with E-state index in [1.54, 1.807) is 0 Å². The van der Waals surface area contributed by atoms with Gasteiger partial charge in [0.05, 0.1) is 0 Å². The molecule has 0 radical (unpaired) electrons. The van der Waals surface area contributed by atoms with Crippen molar-refractivity contribution < 1.29 is 4.74 Å². The van der Waals surface area contributed by atoms with Gasteiger partial charge in [0.25, 0.3) is 0 Å². The Labute approximate surface area is 50.3 Å². The molecule has 1 aliphatic rings. The van der Waals surface area contributed by atoms with Crippen LogP contribution in [-0.2, 0) is 4.74 Å². The Kier molecular flexibility index (Phi) is 1.65. The molecule has 1 aliphatic heterocycles. The van der Waals surface area contributed by atoms with E-state index in [0.29, 0.717) is 0 Å². The first-order valence-electron chi connectivity index (χ1n) is 2.20. The van der Waals surface area contributed by atoms with Crippen LogP contribution in [0.4, 0.5) is 0 Å². The van der Waals surface area contributed by atoms with Crippen molar-refractivity contribution in [2.75, 3.05) is 6.61 Å². The molecule has 0 N–H and O–H groups in total. The monoisotopic (exact) mass is 192 g/mol. The Morgan fingerprint density at radius 3 is 2.67 bits per heavy atom. The van der Waals surface area contributed by atoms with E-state index in [-0.39, 0.29) is 0 Å². The standard InChI is InChI=1S/C4H6O.Sn.2H/c1-2-4-5-3-1;;;/h1-3H2;;;. The topological polar surface area (TPSA) is 9.23 Å². The third-order valence-electron chi connectivity index (χ3n) is 0.906. The van der Waals surface area contributed by atoms with Gasteiger partial charge in [-0.05, 0) is 0 Å². The first kappa shape index (κ1) is 4.78. The molecule has 1 rings (SSSR count). The van der Waals surface area contributed by atoms with Gasteiger partial charge in [0, 0.05) is 0 Å². The van der Waals surface area contributed by atoms with Crippen molar-refractivity contribution >= 4 is 25.8 Å². The molecule has 0 aromatic rings. The number of hydrogen-bond donors (Lipinski definition) is 0. The third kappa shape index (κ3) is 1.05. The van der Waals surface area contributed by atoms with Crippen molar-refractivity contribution in [3.63, 3.8) is 0 Å². The van der Waals surface area contributed by atoms with Gasteiger partial charge in [0.15, 0.2) is 0 Å². The van der Waals surface area contributed by atoms with Gasteiger partial charge in [-0.1, -0.05) is 0 Å². The van der Waals surface area contributed by atoms with E-state index in [9.17, 15) is 0 Å². The Morgan fingerprint density at radius 1 is 1.67 bits per heavy atom. The van der Waals surface area contributed by atoms with Crippen molar-refractivity contribution in [3.8, 4) is 0 Å². The van der Waals surface area contributed by atoms with E-state index in [4.69, 9.17) is 4.74 Å². The minimum atomic E-state index is 0.949. The predicted molar refractivity (Wildman–Crippen MR) is 28.7 cm³/mol. The van der Waals surface area contributed by atoms with Crippen LogP contribution in [0.5, 0.6) is 0 Å². The fourth-order valence-corrected chi connectivity index (χ4v) is 1.68. The van der Waals surface area contributed by atoms with E-state index in [2.05, 4.69) is 0 Å². The summed E-state index contributed by atoms with van der Waals surface area (Å²) in [5.74, 6) is 0. The molecule has 1 saturated heterocycles. The van der Waals surface area contributed by atoms with Gasteiger partial charge in [-0.15, -0.1) is 0 Å². The molecule has 0 atom stereocenters. The zero-order chi connectivity index (χ0) is 4.41. The zero-order valence-corrected chi connectivity index (χ0v) is 7.77. The van der Waals surface area contributed by atoms with Crippen molar-refractivity contribution in [2.24, 2.45) is 0 Å². The average Bonchev–Trinajstić information content (AvgIpc) is 1.86. The molecule has 0 saturated carbocycles. The molecule has 6 heavy (non-hydrogen) atoms. The summed E-state index contributed by atoms with van der Waals surface area (Å²) < 4.78 is 6.52. The molecule has 1 fully saturated rings. The molecule has 0 bridgehead atoms. The van der Waals surface area contributed by atoms with E-state index in [1.165, 1.54) is 16.5 Å². The summed E-state index contributed by atoms with van der Waals surface area (Å²) in [6.07, 6.45) is 2.53. The molecule has 0 aliphatic carbocycles. The molecule has 1 heterocycles. The predicted octanol–water partition coefficient (Wildman–Crippen LogP) is -0.440. The Hall–Kier alpha value is 0.629. The SMILES string of the molecule is [SnH2]=[C]1CCCO1. The van der Waals surface area contributed by atoms with Gasteiger partial charge in [-0.3, -0.25) is 0 Å². The summed E-state index contributed by atoms with van der Waals surface area (Å²) in [6.45, 7) is 0.993. The average molecular weight is 191 g/mol. The maximum atomic E-state index is 5.14. The quantitative estimate of drug-likeness (QED) is 0.471. The van der Waals surface area contributed by atoms with Crippen LogP contribution in [0.3, 0.4) is 0 Å². The summed E-state index contributed by atoms with van der Waals surface area (Å²) in [5, 5.41) is 0. The van der Waals surface area contributed by atoms with Crippen LogP contribution in [0.15, 0.2) is 0 Å². The summed E-state index contributed by atoms with van der Waals surface area (Å²) >= 11 is 0.949. The van der Waals surface area contributed by atoms with Crippen LogP contribution in [0.1, 0.15) is 12.8 Å². The van der Waals surface area contributed by atoms with Crippen LogP contribution >= 0.6 is 0 Å². The first-order chi connectivity index (χ1) is 2.89. The van der Waals surface area contributed by atoms with Crippen molar-refractivity contribution in [1.82, 2.24) is 0 Å². The van der Waals surface area contributed by atoms with Crippen molar-refractivity contribution in [2.45, 2.75) is 12.8 Å². The van der Waals surface area contributed by atoms with Crippen LogP contribution in [-0.4, -0.2) is 32.4 Å². The van der Waals surface area contributed by atoms with Gasteiger partial charge in [-0.2, -0.15) is 0 Å². The molecule has 0 aromatic heterocycles. The Morgan fingerprint density at radius 2 is 2.50 bits per heavy atom. The fourth-order valence-electron chi connectivity index (χ4n) is 0.558. The number of hydrogen-bond acceptors (Lipinski definition) is 1. The van der Waals surface area contributed by atoms with Crippen molar-refractivity contribution in [1.29, 1.82) is 0 Å². The molecule has 0 aromatic carbocycles. The third-order valence-corrected chi connectivity index (χ3v) is 2.50. The van der Waals surface area contributed by atoms with Crippen molar-refractivity contribution in [3.05, 3.63) is 0 Å². The van der Waals surface area contributed by atoms with Crippen LogP contribution < -0.4 is 0 Å². The molecule has 1 nitrogen and oxygen atoms in total. The summed E-state index contributed by atoms with van der Waals surface area (Å²) in [4.78, 5) is 0. The van der Waals surface area contributed by atoms with Gasteiger partial charge in [0.1, 0.15) is 0 Å². The molecular weight excluding hydrogens is 183 g/mol. The van der Waals surface area contributed by atoms with Crippen LogP contribution in [0, 0.1) is 0 Å². The van der Waals surface area contributed by atoms with E-state index >= 15 is 0 Å². The van der Waals surface area contributed by atoms with Gasteiger partial charge in [0.2, 0.25) is 0 Å². The number of ether oxygens (including phenoxy) is 1. The molecular formula is C4H8OSn. The minimum absolute atomic E-state index is 0.949. The van der Waals surface area contributed by atoms with Crippen LogP contribution in [0.2, 0.25) is 0 Å². The normalized spacial score (nSPS) is 22.3. The first-order valence-corrected chi connectivity index (χ1v) is 4.22. The van der Waals surface area contributed by atoms with E-state index in [1.807, 2.05) is 0 Å². The van der Waals surface area contributed by atoms with E-state index < -0.39 is 0 Å². The van der Waals surface area contributed by atoms with Crippen LogP contribution in [0.25, 0.3) is 0 Å². The molecule has 0 unspecified atom stereocenters. The number of rotatable bonds is 0. The summed E-state index contributed by atoms with van der Waals surface area (Å²) in [5.41, 5.74) is 0. The summed E-state index contributed by atoms with van der Waals surface area (Å²) in [7, 11) is 0. The summed E-state index contributed by atoms with van der Waals surface area (Å²) in [6, 6.07) is 0. The van der Waals surface area contributed by atoms with E-state index in [0.717, 1.165) is 28.7 Å². The molecule has 0 amide bonds. The molecule has 2 heteroatoms. The Balaban J connectivity index is 2.37. The Bertz CT molecular complexity index is 61.9. The van der Waals surface area contributed by atoms with Gasteiger partial charge in [-0.25, -0.2) is 0 Å². The second-order valence-corrected chi connectivity index (χ2v) is 3.74. The second-order valence-electron chi connectivity index (χ2n) is 1.49. The van der Waals surface area contributed by atoms with Gasteiger partial charge >= 0.3 is 49.9 Å². The zero-order valence-electron chi connectivity index (χ0n) is 3.74. The molecule has 0 spiro atoms. The fraction of sp³-hybridized carbons (Fsp3) is 0.750.